The van der Waals surface area contributed by atoms with E-state index in [-0.39, 0.29) is 19.0 Å². The minimum atomic E-state index is -0.641. The summed E-state index contributed by atoms with van der Waals surface area (Å²) in [7, 11) is 1.66. The van der Waals surface area contributed by atoms with Crippen LogP contribution in [0.2, 0.25) is 0 Å². The Morgan fingerprint density at radius 2 is 1.46 bits per heavy atom. The van der Waals surface area contributed by atoms with Gasteiger partial charge < -0.3 is 20.3 Å². The first-order valence-corrected chi connectivity index (χ1v) is 9.29. The maximum atomic E-state index is 12.7. The van der Waals surface area contributed by atoms with E-state index in [1.807, 2.05) is 45.0 Å². The maximum Gasteiger partial charge on any atom is 0.410 e. The number of primary amides is 1. The molecule has 0 atom stereocenters. The maximum absolute atomic E-state index is 12.7. The highest BCUT2D eigenvalue weighted by Gasteiger charge is 2.29. The fourth-order valence-electron chi connectivity index (χ4n) is 2.59. The van der Waals surface area contributed by atoms with Crippen molar-refractivity contribution in [2.24, 2.45) is 11.1 Å². The van der Waals surface area contributed by atoms with Gasteiger partial charge in [-0.1, -0.05) is 45.0 Å². The van der Waals surface area contributed by atoms with Gasteiger partial charge in [-0.15, -0.1) is 0 Å². The van der Waals surface area contributed by atoms with Crippen LogP contribution in [0.5, 0.6) is 0 Å². The number of benzene rings is 1. The molecule has 0 aliphatic carbocycles. The summed E-state index contributed by atoms with van der Waals surface area (Å²) in [6.07, 6.45) is -0.429. The predicted molar refractivity (Wildman–Crippen MR) is 108 cm³/mol. The molecule has 0 heterocycles. The number of amides is 3. The molecule has 3 amide bonds. The van der Waals surface area contributed by atoms with Gasteiger partial charge in [0.1, 0.15) is 5.60 Å². The number of carbonyl (C=O) groups is 3. The molecule has 1 aromatic rings. The van der Waals surface area contributed by atoms with Crippen LogP contribution >= 0.6 is 0 Å². The molecule has 0 spiro atoms. The van der Waals surface area contributed by atoms with Gasteiger partial charge in [0.05, 0.1) is 6.54 Å². The first kappa shape index (κ1) is 23.5. The number of nitrogens with two attached hydrogens (primary N) is 1. The van der Waals surface area contributed by atoms with Crippen molar-refractivity contribution in [3.63, 3.8) is 0 Å². The third kappa shape index (κ3) is 7.58. The third-order valence-electron chi connectivity index (χ3n) is 3.87. The highest BCUT2D eigenvalue weighted by molar-refractivity contribution is 5.86. The zero-order valence-corrected chi connectivity index (χ0v) is 18.0. The highest BCUT2D eigenvalue weighted by atomic mass is 16.6. The number of carbonyl (C=O) groups excluding carboxylic acids is 3. The van der Waals surface area contributed by atoms with E-state index in [1.54, 1.807) is 27.8 Å². The summed E-state index contributed by atoms with van der Waals surface area (Å²) in [5, 5.41) is 0. The second-order valence-corrected chi connectivity index (χ2v) is 8.98. The van der Waals surface area contributed by atoms with Crippen LogP contribution in [-0.2, 0) is 27.4 Å². The van der Waals surface area contributed by atoms with E-state index in [9.17, 15) is 14.4 Å². The molecule has 0 unspecified atom stereocenters. The first-order chi connectivity index (χ1) is 12.7. The molecule has 0 aliphatic rings. The summed E-state index contributed by atoms with van der Waals surface area (Å²) >= 11 is 0. The van der Waals surface area contributed by atoms with Crippen LogP contribution in [0.4, 0.5) is 4.79 Å². The summed E-state index contributed by atoms with van der Waals surface area (Å²) < 4.78 is 5.39. The van der Waals surface area contributed by atoms with Gasteiger partial charge in [-0.2, -0.15) is 0 Å². The van der Waals surface area contributed by atoms with Crippen LogP contribution in [0, 0.1) is 5.41 Å². The molecule has 1 aromatic carbocycles. The predicted octanol–water partition coefficient (Wildman–Crippen LogP) is 2.91. The molecule has 156 valence electrons. The molecule has 0 radical (unpaired) electrons. The fourth-order valence-corrected chi connectivity index (χ4v) is 2.59. The van der Waals surface area contributed by atoms with E-state index < -0.39 is 23.0 Å². The van der Waals surface area contributed by atoms with Crippen molar-refractivity contribution in [2.75, 3.05) is 13.6 Å². The van der Waals surface area contributed by atoms with Gasteiger partial charge in [0.2, 0.25) is 11.8 Å². The average molecular weight is 392 g/mol. The van der Waals surface area contributed by atoms with E-state index in [0.29, 0.717) is 6.54 Å². The summed E-state index contributed by atoms with van der Waals surface area (Å²) in [6, 6.07) is 7.49. The van der Waals surface area contributed by atoms with Gasteiger partial charge in [0.15, 0.2) is 0 Å². The van der Waals surface area contributed by atoms with E-state index in [1.165, 1.54) is 9.80 Å². The summed E-state index contributed by atoms with van der Waals surface area (Å²) in [6.45, 7) is 11.2. The van der Waals surface area contributed by atoms with Crippen LogP contribution in [-0.4, -0.2) is 46.9 Å². The molecule has 7 heteroatoms. The smallest absolute Gasteiger partial charge is 0.410 e. The Morgan fingerprint density at radius 3 is 1.89 bits per heavy atom. The molecule has 7 nitrogen and oxygen atoms in total. The number of nitrogens with zero attached hydrogens (tertiary/aromatic N) is 2. The highest BCUT2D eigenvalue weighted by Crippen LogP contribution is 2.21. The second-order valence-electron chi connectivity index (χ2n) is 8.98. The van der Waals surface area contributed by atoms with Gasteiger partial charge in [-0.3, -0.25) is 9.59 Å². The van der Waals surface area contributed by atoms with E-state index in [0.717, 1.165) is 11.1 Å². The Hall–Kier alpha value is -2.57. The lowest BCUT2D eigenvalue weighted by Gasteiger charge is -2.30. The van der Waals surface area contributed by atoms with Gasteiger partial charge >= 0.3 is 6.09 Å². The topological polar surface area (TPSA) is 92.9 Å². The zero-order valence-electron chi connectivity index (χ0n) is 18.0. The largest absolute Gasteiger partial charge is 0.444 e. The van der Waals surface area contributed by atoms with Gasteiger partial charge in [-0.05, 0) is 31.9 Å². The Bertz CT molecular complexity index is 717. The molecular formula is C21H33N3O4. The molecule has 0 aromatic heterocycles. The van der Waals surface area contributed by atoms with E-state index in [4.69, 9.17) is 10.5 Å². The molecule has 0 aliphatic heterocycles. The quantitative estimate of drug-likeness (QED) is 0.807. The molecule has 0 bridgehead atoms. The van der Waals surface area contributed by atoms with Gasteiger partial charge in [0.25, 0.3) is 0 Å². The lowest BCUT2D eigenvalue weighted by molar-refractivity contribution is -0.142. The normalized spacial score (nSPS) is 11.7. The van der Waals surface area contributed by atoms with Crippen molar-refractivity contribution in [2.45, 2.75) is 60.2 Å². The van der Waals surface area contributed by atoms with Gasteiger partial charge in [-0.25, -0.2) is 4.79 Å². The fraction of sp³-hybridized carbons (Fsp3) is 0.571. The lowest BCUT2D eigenvalue weighted by Crippen LogP contribution is -2.43. The van der Waals surface area contributed by atoms with Crippen LogP contribution in [0.25, 0.3) is 0 Å². The lowest BCUT2D eigenvalue weighted by atomic mass is 9.94. The number of hydrogen-bond acceptors (Lipinski definition) is 4. The summed E-state index contributed by atoms with van der Waals surface area (Å²) in [5.41, 5.74) is 5.83. The standard InChI is InChI=1S/C21H33N3O4/c1-20(2,3)18(26)24(14-17(22)25)13-16-11-9-8-10-15(16)12-23(7)19(27)28-21(4,5)6/h8-11H,12-14H2,1-7H3,(H2,22,25). The second kappa shape index (κ2) is 9.08. The van der Waals surface area contributed by atoms with Crippen molar-refractivity contribution in [1.29, 1.82) is 0 Å². The van der Waals surface area contributed by atoms with Crippen LogP contribution in [0.15, 0.2) is 24.3 Å². The molecule has 0 saturated heterocycles. The van der Waals surface area contributed by atoms with Crippen LogP contribution in [0.1, 0.15) is 52.7 Å². The Balaban J connectivity index is 3.04. The molecular weight excluding hydrogens is 358 g/mol. The Kier molecular flexibility index (Phi) is 7.61. The molecule has 2 N–H and O–H groups in total. The van der Waals surface area contributed by atoms with E-state index >= 15 is 0 Å². The van der Waals surface area contributed by atoms with E-state index in [2.05, 4.69) is 0 Å². The number of ether oxygens (including phenoxy) is 1. The number of rotatable bonds is 6. The average Bonchev–Trinajstić information content (AvgIpc) is 2.52. The van der Waals surface area contributed by atoms with Crippen molar-refractivity contribution >= 4 is 17.9 Å². The Labute approximate surface area is 167 Å². The first-order valence-electron chi connectivity index (χ1n) is 9.29. The van der Waals surface area contributed by atoms with Crippen molar-refractivity contribution in [1.82, 2.24) is 9.80 Å². The molecule has 1 rings (SSSR count). The monoisotopic (exact) mass is 391 g/mol. The zero-order chi connectivity index (χ0) is 21.7. The van der Waals surface area contributed by atoms with Crippen molar-refractivity contribution in [3.8, 4) is 0 Å². The molecule has 0 fully saturated rings. The molecule has 28 heavy (non-hydrogen) atoms. The minimum absolute atomic E-state index is 0.160. The SMILES string of the molecule is CN(Cc1ccccc1CN(CC(N)=O)C(=O)C(C)(C)C)C(=O)OC(C)(C)C. The van der Waals surface area contributed by atoms with Crippen molar-refractivity contribution in [3.05, 3.63) is 35.4 Å². The van der Waals surface area contributed by atoms with Crippen LogP contribution < -0.4 is 5.73 Å². The van der Waals surface area contributed by atoms with Gasteiger partial charge in [0, 0.05) is 25.6 Å². The van der Waals surface area contributed by atoms with Crippen LogP contribution in [0.3, 0.4) is 0 Å². The summed E-state index contributed by atoms with van der Waals surface area (Å²) in [4.78, 5) is 39.4. The summed E-state index contributed by atoms with van der Waals surface area (Å²) in [5.74, 6) is -0.734. The Morgan fingerprint density at radius 1 is 0.964 bits per heavy atom. The minimum Gasteiger partial charge on any atom is -0.444 e. The molecule has 0 saturated carbocycles. The van der Waals surface area contributed by atoms with Crippen molar-refractivity contribution < 1.29 is 19.1 Å². The third-order valence-corrected chi connectivity index (χ3v) is 3.87. The number of hydrogen-bond donors (Lipinski definition) is 1.